The fraction of sp³-hybridized carbons (Fsp3) is 0.824. The van der Waals surface area contributed by atoms with E-state index in [2.05, 4.69) is 20.8 Å². The van der Waals surface area contributed by atoms with Gasteiger partial charge < -0.3 is 5.73 Å². The molecule has 0 amide bonds. The molecule has 1 aromatic heterocycles. The van der Waals surface area contributed by atoms with E-state index in [1.54, 1.807) is 0 Å². The van der Waals surface area contributed by atoms with Gasteiger partial charge >= 0.3 is 0 Å². The van der Waals surface area contributed by atoms with Crippen LogP contribution in [0.1, 0.15) is 74.9 Å². The van der Waals surface area contributed by atoms with Gasteiger partial charge in [0.25, 0.3) is 0 Å². The number of fused-ring (bicyclic) bond motifs is 1. The molecular weight excluding hydrogens is 264 g/mol. The van der Waals surface area contributed by atoms with Crippen molar-refractivity contribution in [3.05, 3.63) is 15.6 Å². The predicted octanol–water partition coefficient (Wildman–Crippen LogP) is 4.41. The van der Waals surface area contributed by atoms with Gasteiger partial charge in [0.2, 0.25) is 0 Å². The molecule has 2 aliphatic rings. The van der Waals surface area contributed by atoms with Crippen LogP contribution in [0.25, 0.3) is 0 Å². The van der Waals surface area contributed by atoms with Crippen LogP contribution in [0.5, 0.6) is 0 Å². The second kappa shape index (κ2) is 5.10. The summed E-state index contributed by atoms with van der Waals surface area (Å²) in [5.41, 5.74) is 8.42. The smallest absolute Gasteiger partial charge is 0.113 e. The van der Waals surface area contributed by atoms with Crippen LogP contribution < -0.4 is 5.73 Å². The Kier molecular flexibility index (Phi) is 3.70. The minimum atomic E-state index is -0.144. The van der Waals surface area contributed by atoms with Crippen LogP contribution in [0.2, 0.25) is 0 Å². The highest BCUT2D eigenvalue weighted by atomic mass is 32.1. The van der Waals surface area contributed by atoms with Crippen molar-refractivity contribution in [1.29, 1.82) is 0 Å². The Hall–Kier alpha value is -0.410. The van der Waals surface area contributed by atoms with Gasteiger partial charge in [0.05, 0.1) is 11.2 Å². The highest BCUT2D eigenvalue weighted by molar-refractivity contribution is 7.12. The lowest BCUT2D eigenvalue weighted by Gasteiger charge is -2.30. The third-order valence-electron chi connectivity index (χ3n) is 5.36. The zero-order chi connectivity index (χ0) is 14.4. The van der Waals surface area contributed by atoms with Crippen LogP contribution in [-0.4, -0.2) is 4.98 Å². The number of nitrogens with zero attached hydrogens (tertiary/aromatic N) is 1. The number of rotatable bonds is 1. The topological polar surface area (TPSA) is 38.9 Å². The van der Waals surface area contributed by atoms with E-state index >= 15 is 0 Å². The minimum Gasteiger partial charge on any atom is -0.319 e. The number of nitrogens with two attached hydrogens (primary N) is 1. The average Bonchev–Trinajstić information content (AvgIpc) is 2.87. The molecule has 2 N–H and O–H groups in total. The Bertz CT molecular complexity index is 464. The molecule has 2 atom stereocenters. The van der Waals surface area contributed by atoms with E-state index in [1.165, 1.54) is 54.1 Å². The van der Waals surface area contributed by atoms with Gasteiger partial charge in [0, 0.05) is 4.88 Å². The van der Waals surface area contributed by atoms with E-state index in [-0.39, 0.29) is 5.54 Å². The van der Waals surface area contributed by atoms with Gasteiger partial charge in [-0.1, -0.05) is 27.2 Å². The molecule has 1 aromatic rings. The normalized spacial score (nSPS) is 31.1. The van der Waals surface area contributed by atoms with Crippen molar-refractivity contribution in [3.8, 4) is 0 Å². The Labute approximate surface area is 127 Å². The molecule has 0 aromatic carbocycles. The number of thiazole rings is 1. The average molecular weight is 292 g/mol. The van der Waals surface area contributed by atoms with Crippen molar-refractivity contribution in [3.63, 3.8) is 0 Å². The Morgan fingerprint density at radius 1 is 1.15 bits per heavy atom. The maximum Gasteiger partial charge on any atom is 0.113 e. The summed E-state index contributed by atoms with van der Waals surface area (Å²) >= 11 is 1.91. The maximum absolute atomic E-state index is 6.79. The number of hydrogen-bond donors (Lipinski definition) is 1. The zero-order valence-corrected chi connectivity index (χ0v) is 14.0. The van der Waals surface area contributed by atoms with Gasteiger partial charge in [-0.05, 0) is 56.3 Å². The van der Waals surface area contributed by atoms with Crippen LogP contribution in [-0.2, 0) is 18.4 Å². The van der Waals surface area contributed by atoms with Gasteiger partial charge in [-0.25, -0.2) is 4.98 Å². The summed E-state index contributed by atoms with van der Waals surface area (Å²) in [5, 5.41) is 1.23. The molecule has 3 rings (SSSR count). The highest BCUT2D eigenvalue weighted by Gasteiger charge is 2.37. The van der Waals surface area contributed by atoms with Crippen molar-refractivity contribution in [1.82, 2.24) is 4.98 Å². The molecule has 0 saturated heterocycles. The standard InChI is InChI=1S/C17H28N2S/c1-16(2,3)12-6-5-10-17(18,11-9-12)15-19-13-7-4-8-14(13)20-15/h12H,4-11,18H2,1-3H3. The summed E-state index contributed by atoms with van der Waals surface area (Å²) in [4.78, 5) is 6.42. The molecule has 20 heavy (non-hydrogen) atoms. The molecule has 1 heterocycles. The molecule has 0 bridgehead atoms. The van der Waals surface area contributed by atoms with E-state index in [4.69, 9.17) is 10.7 Å². The molecule has 1 fully saturated rings. The first-order valence-electron chi connectivity index (χ1n) is 8.16. The lowest BCUT2D eigenvalue weighted by molar-refractivity contribution is 0.210. The molecule has 0 spiro atoms. The summed E-state index contributed by atoms with van der Waals surface area (Å²) in [6.07, 6.45) is 9.76. The van der Waals surface area contributed by atoms with Gasteiger partial charge in [-0.15, -0.1) is 11.3 Å². The summed E-state index contributed by atoms with van der Waals surface area (Å²) in [5.74, 6) is 0.805. The molecular formula is C17H28N2S. The Balaban J connectivity index is 1.78. The largest absolute Gasteiger partial charge is 0.319 e. The first kappa shape index (κ1) is 14.5. The highest BCUT2D eigenvalue weighted by Crippen LogP contribution is 2.44. The Morgan fingerprint density at radius 3 is 2.65 bits per heavy atom. The van der Waals surface area contributed by atoms with Crippen LogP contribution in [0.3, 0.4) is 0 Å². The quantitative estimate of drug-likeness (QED) is 0.779. The van der Waals surface area contributed by atoms with Crippen molar-refractivity contribution in [2.75, 3.05) is 0 Å². The molecule has 3 heteroatoms. The molecule has 2 aliphatic carbocycles. The molecule has 0 aliphatic heterocycles. The third-order valence-corrected chi connectivity index (χ3v) is 6.74. The lowest BCUT2D eigenvalue weighted by atomic mass is 9.76. The van der Waals surface area contributed by atoms with Gasteiger partial charge in [-0.3, -0.25) is 0 Å². The third kappa shape index (κ3) is 2.67. The Morgan fingerprint density at radius 2 is 1.95 bits per heavy atom. The summed E-state index contributed by atoms with van der Waals surface area (Å²) in [6, 6.07) is 0. The molecule has 2 unspecified atom stereocenters. The zero-order valence-electron chi connectivity index (χ0n) is 13.2. The van der Waals surface area contributed by atoms with E-state index in [1.807, 2.05) is 11.3 Å². The van der Waals surface area contributed by atoms with Crippen LogP contribution in [0.4, 0.5) is 0 Å². The van der Waals surface area contributed by atoms with Crippen molar-refractivity contribution in [2.24, 2.45) is 17.1 Å². The minimum absolute atomic E-state index is 0.144. The van der Waals surface area contributed by atoms with Crippen LogP contribution in [0.15, 0.2) is 0 Å². The number of aromatic nitrogens is 1. The second-order valence-electron chi connectivity index (χ2n) is 7.89. The van der Waals surface area contributed by atoms with Crippen molar-refractivity contribution >= 4 is 11.3 Å². The first-order valence-corrected chi connectivity index (χ1v) is 8.98. The van der Waals surface area contributed by atoms with Crippen LogP contribution >= 0.6 is 11.3 Å². The molecule has 112 valence electrons. The molecule has 0 radical (unpaired) electrons. The fourth-order valence-electron chi connectivity index (χ4n) is 3.85. The van der Waals surface area contributed by atoms with Gasteiger partial charge in [0.1, 0.15) is 5.01 Å². The van der Waals surface area contributed by atoms with Crippen molar-refractivity contribution < 1.29 is 0 Å². The predicted molar refractivity (Wildman–Crippen MR) is 86.0 cm³/mol. The fourth-order valence-corrected chi connectivity index (χ4v) is 5.16. The SMILES string of the molecule is CC(C)(C)C1CCCC(N)(c2nc3c(s2)CCC3)CC1. The summed E-state index contributed by atoms with van der Waals surface area (Å²) in [7, 11) is 0. The maximum atomic E-state index is 6.79. The van der Waals surface area contributed by atoms with Gasteiger partial charge in [0.15, 0.2) is 0 Å². The number of aryl methyl sites for hydroxylation is 2. The summed E-state index contributed by atoms with van der Waals surface area (Å²) in [6.45, 7) is 7.12. The van der Waals surface area contributed by atoms with E-state index in [0.717, 1.165) is 18.8 Å². The number of hydrogen-bond acceptors (Lipinski definition) is 3. The first-order chi connectivity index (χ1) is 9.38. The summed E-state index contributed by atoms with van der Waals surface area (Å²) < 4.78 is 0. The van der Waals surface area contributed by atoms with Crippen LogP contribution in [0, 0.1) is 11.3 Å². The lowest BCUT2D eigenvalue weighted by Crippen LogP contribution is -2.36. The monoisotopic (exact) mass is 292 g/mol. The molecule has 2 nitrogen and oxygen atoms in total. The van der Waals surface area contributed by atoms with Gasteiger partial charge in [-0.2, -0.15) is 0 Å². The second-order valence-corrected chi connectivity index (χ2v) is 8.98. The van der Waals surface area contributed by atoms with E-state index in [9.17, 15) is 0 Å². The molecule has 1 saturated carbocycles. The van der Waals surface area contributed by atoms with E-state index < -0.39 is 0 Å². The van der Waals surface area contributed by atoms with Crippen molar-refractivity contribution in [2.45, 2.75) is 77.7 Å². The van der Waals surface area contributed by atoms with E-state index in [0.29, 0.717) is 5.41 Å².